The zero-order chi connectivity index (χ0) is 23.8. The minimum atomic E-state index is -0.966. The summed E-state index contributed by atoms with van der Waals surface area (Å²) in [6, 6.07) is 18.9. The molecular formula is C27H23N3O4. The lowest BCUT2D eigenvalue weighted by Gasteiger charge is -2.08. The van der Waals surface area contributed by atoms with Crippen molar-refractivity contribution in [1.29, 1.82) is 0 Å². The van der Waals surface area contributed by atoms with E-state index in [1.54, 1.807) is 25.3 Å². The third-order valence-corrected chi connectivity index (χ3v) is 5.92. The number of carboxylic acids is 1. The van der Waals surface area contributed by atoms with Crippen molar-refractivity contribution in [2.45, 2.75) is 20.4 Å². The highest BCUT2D eigenvalue weighted by Crippen LogP contribution is 2.34. The maximum atomic E-state index is 11.6. The van der Waals surface area contributed by atoms with Crippen molar-refractivity contribution in [3.8, 4) is 28.1 Å². The molecule has 5 aromatic rings. The number of aryl methyl sites for hydroxylation is 2. The van der Waals surface area contributed by atoms with Crippen LogP contribution in [0.4, 0.5) is 0 Å². The van der Waals surface area contributed by atoms with E-state index in [-0.39, 0.29) is 5.56 Å². The molecule has 0 unspecified atom stereocenters. The smallest absolute Gasteiger partial charge is 0.335 e. The zero-order valence-electron chi connectivity index (χ0n) is 19.1. The number of hydrogen-bond acceptors (Lipinski definition) is 5. The molecule has 7 nitrogen and oxygen atoms in total. The van der Waals surface area contributed by atoms with E-state index in [1.807, 2.05) is 62.5 Å². The van der Waals surface area contributed by atoms with Crippen LogP contribution in [0.15, 0.2) is 71.4 Å². The first-order chi connectivity index (χ1) is 16.4. The lowest BCUT2D eigenvalue weighted by Crippen LogP contribution is -1.98. The van der Waals surface area contributed by atoms with E-state index in [4.69, 9.17) is 14.2 Å². The normalized spacial score (nSPS) is 11.1. The summed E-state index contributed by atoms with van der Waals surface area (Å²) in [7, 11) is 1.65. The van der Waals surface area contributed by atoms with E-state index in [9.17, 15) is 9.90 Å². The van der Waals surface area contributed by atoms with E-state index in [0.29, 0.717) is 12.3 Å². The topological polar surface area (TPSA) is 90.4 Å². The summed E-state index contributed by atoms with van der Waals surface area (Å²) in [5.74, 6) is 0.531. The Morgan fingerprint density at radius 1 is 1.09 bits per heavy atom. The number of nitrogens with zero attached hydrogens (tertiary/aromatic N) is 3. The number of ether oxygens (including phenoxy) is 1. The Balaban J connectivity index is 1.70. The van der Waals surface area contributed by atoms with Crippen molar-refractivity contribution >= 4 is 17.0 Å². The Morgan fingerprint density at radius 3 is 2.65 bits per heavy atom. The summed E-state index contributed by atoms with van der Waals surface area (Å²) in [5.41, 5.74) is 7.08. The molecule has 170 valence electrons. The maximum Gasteiger partial charge on any atom is 0.335 e. The first-order valence-corrected chi connectivity index (χ1v) is 10.8. The van der Waals surface area contributed by atoms with Crippen molar-refractivity contribution in [1.82, 2.24) is 14.7 Å². The number of hydrogen-bond donors (Lipinski definition) is 1. The maximum absolute atomic E-state index is 11.6. The molecule has 0 amide bonds. The van der Waals surface area contributed by atoms with Gasteiger partial charge in [0.1, 0.15) is 11.5 Å². The van der Waals surface area contributed by atoms with Gasteiger partial charge in [-0.2, -0.15) is 0 Å². The van der Waals surface area contributed by atoms with Gasteiger partial charge in [0.05, 0.1) is 40.7 Å². The highest BCUT2D eigenvalue weighted by Gasteiger charge is 2.18. The van der Waals surface area contributed by atoms with Gasteiger partial charge in [-0.15, -0.1) is 0 Å². The molecule has 0 radical (unpaired) electrons. The molecule has 1 N–H and O–H groups in total. The second kappa shape index (κ2) is 8.51. The van der Waals surface area contributed by atoms with Gasteiger partial charge in [-0.25, -0.2) is 9.78 Å². The second-order valence-corrected chi connectivity index (χ2v) is 8.17. The predicted octanol–water partition coefficient (Wildman–Crippen LogP) is 5.73. The number of benzene rings is 2. The fraction of sp³-hybridized carbons (Fsp3) is 0.148. The molecular weight excluding hydrogens is 430 g/mol. The Hall–Kier alpha value is -4.39. The molecule has 0 aliphatic rings. The van der Waals surface area contributed by atoms with Crippen LogP contribution in [0.2, 0.25) is 0 Å². The fourth-order valence-corrected chi connectivity index (χ4v) is 4.29. The van der Waals surface area contributed by atoms with Gasteiger partial charge in [-0.1, -0.05) is 29.4 Å². The number of aromatic carboxylic acids is 1. The Kier molecular flexibility index (Phi) is 5.37. The number of rotatable bonds is 6. The quantitative estimate of drug-likeness (QED) is 0.353. The summed E-state index contributed by atoms with van der Waals surface area (Å²) < 4.78 is 12.9. The van der Waals surface area contributed by atoms with Gasteiger partial charge in [0.25, 0.3) is 0 Å². The van der Waals surface area contributed by atoms with Crippen molar-refractivity contribution in [3.63, 3.8) is 0 Å². The molecule has 3 heterocycles. The standard InChI is InChI=1S/C27H23N3O4/c1-16-25(17(2)34-29-16)23-10-11-24-26(28-23)22(19-7-5-8-20(13-19)27(31)32)15-30(24)14-18-6-4-9-21(12-18)33-3/h4-13,15H,14H2,1-3H3,(H,31,32). The van der Waals surface area contributed by atoms with Crippen molar-refractivity contribution in [2.75, 3.05) is 7.11 Å². The molecule has 34 heavy (non-hydrogen) atoms. The summed E-state index contributed by atoms with van der Waals surface area (Å²) in [6.07, 6.45) is 2.02. The third-order valence-electron chi connectivity index (χ3n) is 5.92. The van der Waals surface area contributed by atoms with Gasteiger partial charge in [-0.05, 0) is 61.4 Å². The Labute approximate surface area is 196 Å². The minimum Gasteiger partial charge on any atom is -0.497 e. The van der Waals surface area contributed by atoms with Crippen LogP contribution in [-0.4, -0.2) is 32.9 Å². The molecule has 0 saturated carbocycles. The number of methoxy groups -OCH3 is 1. The molecule has 0 fully saturated rings. The highest BCUT2D eigenvalue weighted by molar-refractivity contribution is 5.96. The summed E-state index contributed by atoms with van der Waals surface area (Å²) >= 11 is 0. The molecule has 5 rings (SSSR count). The summed E-state index contributed by atoms with van der Waals surface area (Å²) in [6.45, 7) is 4.37. The molecule has 2 aromatic carbocycles. The van der Waals surface area contributed by atoms with Crippen LogP contribution in [0, 0.1) is 13.8 Å². The van der Waals surface area contributed by atoms with Gasteiger partial charge in [0.15, 0.2) is 0 Å². The summed E-state index contributed by atoms with van der Waals surface area (Å²) in [4.78, 5) is 16.6. The van der Waals surface area contributed by atoms with Crippen LogP contribution >= 0.6 is 0 Å². The number of aromatic nitrogens is 3. The van der Waals surface area contributed by atoms with Gasteiger partial charge >= 0.3 is 5.97 Å². The van der Waals surface area contributed by atoms with Crippen molar-refractivity contribution < 1.29 is 19.2 Å². The average Bonchev–Trinajstić information content (AvgIpc) is 3.38. The number of pyridine rings is 1. The SMILES string of the molecule is COc1cccc(Cn2cc(-c3cccc(C(=O)O)c3)c3nc(-c4c(C)noc4C)ccc32)c1. The van der Waals surface area contributed by atoms with Crippen LogP contribution < -0.4 is 4.74 Å². The lowest BCUT2D eigenvalue weighted by atomic mass is 10.0. The van der Waals surface area contributed by atoms with Gasteiger partial charge in [0, 0.05) is 18.3 Å². The molecule has 0 bridgehead atoms. The predicted molar refractivity (Wildman–Crippen MR) is 129 cm³/mol. The fourth-order valence-electron chi connectivity index (χ4n) is 4.29. The van der Waals surface area contributed by atoms with Crippen molar-refractivity contribution in [3.05, 3.63) is 89.4 Å². The van der Waals surface area contributed by atoms with E-state index in [2.05, 4.69) is 9.72 Å². The number of carboxylic acid groups (broad SMARTS) is 1. The minimum absolute atomic E-state index is 0.230. The number of carbonyl (C=O) groups is 1. The van der Waals surface area contributed by atoms with Gasteiger partial charge < -0.3 is 18.9 Å². The van der Waals surface area contributed by atoms with E-state index < -0.39 is 5.97 Å². The third kappa shape index (κ3) is 3.81. The monoisotopic (exact) mass is 453 g/mol. The second-order valence-electron chi connectivity index (χ2n) is 8.17. The first kappa shape index (κ1) is 21.5. The van der Waals surface area contributed by atoms with E-state index >= 15 is 0 Å². The van der Waals surface area contributed by atoms with Crippen LogP contribution in [0.25, 0.3) is 33.4 Å². The molecule has 7 heteroatoms. The average molecular weight is 453 g/mol. The molecule has 0 spiro atoms. The lowest BCUT2D eigenvalue weighted by molar-refractivity contribution is 0.0697. The first-order valence-electron chi connectivity index (χ1n) is 10.8. The summed E-state index contributed by atoms with van der Waals surface area (Å²) in [5, 5.41) is 13.6. The van der Waals surface area contributed by atoms with Crippen molar-refractivity contribution in [2.24, 2.45) is 0 Å². The van der Waals surface area contributed by atoms with Crippen LogP contribution in [0.3, 0.4) is 0 Å². The van der Waals surface area contributed by atoms with Gasteiger partial charge in [0.2, 0.25) is 0 Å². The highest BCUT2D eigenvalue weighted by atomic mass is 16.5. The number of fused-ring (bicyclic) bond motifs is 1. The molecule has 0 aliphatic carbocycles. The molecule has 0 atom stereocenters. The molecule has 0 saturated heterocycles. The van der Waals surface area contributed by atoms with Crippen LogP contribution in [0.1, 0.15) is 27.4 Å². The Morgan fingerprint density at radius 2 is 1.91 bits per heavy atom. The zero-order valence-corrected chi connectivity index (χ0v) is 19.1. The Bertz CT molecular complexity index is 1510. The molecule has 0 aliphatic heterocycles. The largest absolute Gasteiger partial charge is 0.497 e. The van der Waals surface area contributed by atoms with Gasteiger partial charge in [-0.3, -0.25) is 0 Å². The van der Waals surface area contributed by atoms with Crippen LogP contribution in [-0.2, 0) is 6.54 Å². The van der Waals surface area contributed by atoms with Crippen LogP contribution in [0.5, 0.6) is 5.75 Å². The molecule has 3 aromatic heterocycles. The van der Waals surface area contributed by atoms with E-state index in [1.165, 1.54) is 0 Å². The van der Waals surface area contributed by atoms with E-state index in [0.717, 1.165) is 50.4 Å².